The number of carbonyl (C=O) groups is 1. The number of hydrogen-bond acceptors (Lipinski definition) is 7. The smallest absolute Gasteiger partial charge is 0.316 e. The number of nitrogens with one attached hydrogen (secondary N) is 3. The Morgan fingerprint density at radius 2 is 1.97 bits per heavy atom. The number of aromatic nitrogens is 4. The van der Waals surface area contributed by atoms with Gasteiger partial charge in [0, 0.05) is 17.1 Å². The molecule has 0 spiro atoms. The molecule has 0 aliphatic carbocycles. The maximum Gasteiger partial charge on any atom is 0.316 e. The molecule has 1 aromatic heterocycles. The van der Waals surface area contributed by atoms with Crippen molar-refractivity contribution in [3.05, 3.63) is 52.6 Å². The van der Waals surface area contributed by atoms with Crippen LogP contribution in [0.1, 0.15) is 5.56 Å². The van der Waals surface area contributed by atoms with Gasteiger partial charge in [-0.2, -0.15) is 19.0 Å². The largest absolute Gasteiger partial charge is 0.364 e. The molecule has 0 fully saturated rings. The molecule has 0 saturated heterocycles. The summed E-state index contributed by atoms with van der Waals surface area (Å²) < 4.78 is 53.5. The fourth-order valence-corrected chi connectivity index (χ4v) is 2.93. The van der Waals surface area contributed by atoms with Crippen molar-refractivity contribution < 1.29 is 27.5 Å². The Bertz CT molecular complexity index is 1130. The van der Waals surface area contributed by atoms with Gasteiger partial charge in [0.25, 0.3) is 0 Å². The molecule has 1 atom stereocenters. The monoisotopic (exact) mass is 473 g/mol. The first-order valence-corrected chi connectivity index (χ1v) is 9.30. The fraction of sp³-hybridized carbons (Fsp3) is 0.222. The van der Waals surface area contributed by atoms with Gasteiger partial charge in [-0.25, -0.2) is 8.78 Å². The van der Waals surface area contributed by atoms with Crippen LogP contribution in [0.5, 0.6) is 0 Å². The molecule has 0 bridgehead atoms. The molecule has 0 aliphatic rings. The number of hydrazine groups is 1. The predicted octanol–water partition coefficient (Wildman–Crippen LogP) is 1.73. The molecule has 170 valence electrons. The Morgan fingerprint density at radius 1 is 1.22 bits per heavy atom. The minimum absolute atomic E-state index is 0.0112. The number of aliphatic hydroxyl groups excluding tert-OH is 1. The van der Waals surface area contributed by atoms with Crippen molar-refractivity contribution in [1.82, 2.24) is 36.4 Å². The van der Waals surface area contributed by atoms with Crippen LogP contribution in [0, 0.1) is 11.6 Å². The molecule has 1 amide bonds. The first-order chi connectivity index (χ1) is 15.2. The van der Waals surface area contributed by atoms with Gasteiger partial charge in [-0.05, 0) is 34.5 Å². The molecule has 3 aromatic rings. The van der Waals surface area contributed by atoms with Crippen LogP contribution in [0.4, 0.5) is 17.6 Å². The summed E-state index contributed by atoms with van der Waals surface area (Å²) in [5.74, 6) is -3.07. The standard InChI is InChI=1S/C18H16ClF4N7O2/c1-30-28-16(25-29-30)14-11(5-10(19)6-13(14)21)8-2-3-9(12(20)4-8)7-24-18(32)27-26-17(31)15(22)23/h2-6,15,18,24,27,32H,7H2,1H3,(H,26,31). The third kappa shape index (κ3) is 5.56. The molecule has 2 aromatic carbocycles. The van der Waals surface area contributed by atoms with Gasteiger partial charge >= 0.3 is 12.3 Å². The van der Waals surface area contributed by atoms with Crippen molar-refractivity contribution in [2.24, 2.45) is 7.05 Å². The van der Waals surface area contributed by atoms with Crippen molar-refractivity contribution in [3.63, 3.8) is 0 Å². The van der Waals surface area contributed by atoms with Gasteiger partial charge in [0.15, 0.2) is 6.35 Å². The average Bonchev–Trinajstić information content (AvgIpc) is 3.15. The van der Waals surface area contributed by atoms with Crippen LogP contribution in [0.3, 0.4) is 0 Å². The van der Waals surface area contributed by atoms with Crippen LogP contribution in [0.25, 0.3) is 22.5 Å². The van der Waals surface area contributed by atoms with Crippen LogP contribution in [-0.4, -0.2) is 44.0 Å². The quantitative estimate of drug-likeness (QED) is 0.224. The maximum atomic E-state index is 14.7. The molecule has 1 unspecified atom stereocenters. The number of nitrogens with zero attached hydrogens (tertiary/aromatic N) is 4. The molecule has 0 saturated carbocycles. The van der Waals surface area contributed by atoms with E-state index in [0.717, 1.165) is 16.9 Å². The van der Waals surface area contributed by atoms with E-state index < -0.39 is 30.3 Å². The van der Waals surface area contributed by atoms with Gasteiger partial charge < -0.3 is 5.11 Å². The van der Waals surface area contributed by atoms with E-state index in [1.807, 2.05) is 5.43 Å². The van der Waals surface area contributed by atoms with Gasteiger partial charge in [-0.15, -0.1) is 10.2 Å². The molecule has 32 heavy (non-hydrogen) atoms. The summed E-state index contributed by atoms with van der Waals surface area (Å²) >= 11 is 5.97. The number of aliphatic hydroxyl groups is 1. The van der Waals surface area contributed by atoms with Crippen molar-refractivity contribution >= 4 is 17.5 Å². The normalized spacial score (nSPS) is 12.2. The van der Waals surface area contributed by atoms with Gasteiger partial charge in [-0.3, -0.25) is 15.5 Å². The van der Waals surface area contributed by atoms with E-state index in [2.05, 4.69) is 20.7 Å². The summed E-state index contributed by atoms with van der Waals surface area (Å²) in [6.45, 7) is -0.229. The van der Waals surface area contributed by atoms with E-state index >= 15 is 0 Å². The maximum absolute atomic E-state index is 14.7. The molecule has 0 aliphatic heterocycles. The second-order valence-electron chi connectivity index (χ2n) is 6.44. The minimum Gasteiger partial charge on any atom is -0.364 e. The number of hydrogen-bond donors (Lipinski definition) is 4. The highest BCUT2D eigenvalue weighted by atomic mass is 35.5. The zero-order chi connectivity index (χ0) is 23.4. The number of aryl methyl sites for hydroxylation is 1. The highest BCUT2D eigenvalue weighted by Crippen LogP contribution is 2.35. The third-order valence-electron chi connectivity index (χ3n) is 4.17. The lowest BCUT2D eigenvalue weighted by Crippen LogP contribution is -2.52. The number of alkyl halides is 2. The Morgan fingerprint density at radius 3 is 2.59 bits per heavy atom. The average molecular weight is 474 g/mol. The molecule has 4 N–H and O–H groups in total. The highest BCUT2D eigenvalue weighted by Gasteiger charge is 2.20. The van der Waals surface area contributed by atoms with Crippen molar-refractivity contribution in [2.45, 2.75) is 19.3 Å². The summed E-state index contributed by atoms with van der Waals surface area (Å²) in [6, 6.07) is 6.49. The number of carbonyl (C=O) groups excluding carboxylic acids is 1. The summed E-state index contributed by atoms with van der Waals surface area (Å²) in [5, 5.41) is 23.5. The van der Waals surface area contributed by atoms with Crippen molar-refractivity contribution in [3.8, 4) is 22.5 Å². The van der Waals surface area contributed by atoms with Gasteiger partial charge in [0.1, 0.15) is 11.6 Å². The van der Waals surface area contributed by atoms with Gasteiger partial charge in [0.05, 0.1) is 12.6 Å². The van der Waals surface area contributed by atoms with E-state index in [0.29, 0.717) is 0 Å². The molecule has 1 heterocycles. The van der Waals surface area contributed by atoms with Crippen molar-refractivity contribution in [1.29, 1.82) is 0 Å². The Balaban J connectivity index is 1.79. The zero-order valence-corrected chi connectivity index (χ0v) is 17.0. The molecular weight excluding hydrogens is 458 g/mol. The van der Waals surface area contributed by atoms with Crippen molar-refractivity contribution in [2.75, 3.05) is 0 Å². The van der Waals surface area contributed by atoms with Crippen LogP contribution in [-0.2, 0) is 18.4 Å². The van der Waals surface area contributed by atoms with Gasteiger partial charge in [0.2, 0.25) is 5.82 Å². The molecule has 9 nitrogen and oxygen atoms in total. The van der Waals surface area contributed by atoms with E-state index in [1.165, 1.54) is 25.2 Å². The van der Waals surface area contributed by atoms with E-state index in [-0.39, 0.29) is 39.6 Å². The number of benzene rings is 2. The number of halogens is 5. The Kier molecular flexibility index (Phi) is 7.35. The van der Waals surface area contributed by atoms with Crippen LogP contribution < -0.4 is 16.2 Å². The van der Waals surface area contributed by atoms with Crippen LogP contribution in [0.2, 0.25) is 5.02 Å². The highest BCUT2D eigenvalue weighted by molar-refractivity contribution is 6.31. The van der Waals surface area contributed by atoms with E-state index in [9.17, 15) is 27.5 Å². The SMILES string of the molecule is Cn1nnc(-c2c(F)cc(Cl)cc2-c2ccc(CNC(O)NNC(=O)C(F)F)c(F)c2)n1. The van der Waals surface area contributed by atoms with E-state index in [4.69, 9.17) is 11.6 Å². The lowest BCUT2D eigenvalue weighted by atomic mass is 9.97. The lowest BCUT2D eigenvalue weighted by molar-refractivity contribution is -0.134. The molecule has 14 heteroatoms. The third-order valence-corrected chi connectivity index (χ3v) is 4.39. The zero-order valence-electron chi connectivity index (χ0n) is 16.3. The predicted molar refractivity (Wildman–Crippen MR) is 105 cm³/mol. The number of amides is 1. The summed E-state index contributed by atoms with van der Waals surface area (Å²) in [4.78, 5) is 11.9. The minimum atomic E-state index is -3.27. The number of tetrazole rings is 1. The fourth-order valence-electron chi connectivity index (χ4n) is 2.72. The molecule has 3 rings (SSSR count). The topological polar surface area (TPSA) is 117 Å². The summed E-state index contributed by atoms with van der Waals surface area (Å²) in [7, 11) is 1.51. The summed E-state index contributed by atoms with van der Waals surface area (Å²) in [6.07, 6.45) is -4.90. The number of rotatable bonds is 8. The lowest BCUT2D eigenvalue weighted by Gasteiger charge is -2.16. The second-order valence-corrected chi connectivity index (χ2v) is 6.87. The van der Waals surface area contributed by atoms with Crippen LogP contribution >= 0.6 is 11.6 Å². The van der Waals surface area contributed by atoms with Crippen LogP contribution in [0.15, 0.2) is 30.3 Å². The molecular formula is C18H16ClF4N7O2. The molecule has 0 radical (unpaired) electrons. The Labute approximate surface area is 183 Å². The van der Waals surface area contributed by atoms with E-state index in [1.54, 1.807) is 5.43 Å². The van der Waals surface area contributed by atoms with Gasteiger partial charge in [-0.1, -0.05) is 23.7 Å². The second kappa shape index (κ2) is 9.99. The summed E-state index contributed by atoms with van der Waals surface area (Å²) in [5.41, 5.74) is 4.07. The Hall–Kier alpha value is -3.13. The first-order valence-electron chi connectivity index (χ1n) is 8.93. The first kappa shape index (κ1) is 23.5.